The molecule has 3 aromatic heterocycles. The van der Waals surface area contributed by atoms with Gasteiger partial charge in [0.1, 0.15) is 0 Å². The maximum atomic E-state index is 14.6. The van der Waals surface area contributed by atoms with Gasteiger partial charge in [-0.1, -0.05) is 184 Å². The zero-order valence-corrected chi connectivity index (χ0v) is 49.1. The Balaban J connectivity index is 0.00000688. The second kappa shape index (κ2) is 21.4. The van der Waals surface area contributed by atoms with E-state index >= 15 is 0 Å². The summed E-state index contributed by atoms with van der Waals surface area (Å²) in [7, 11) is 0. The van der Waals surface area contributed by atoms with Gasteiger partial charge < -0.3 is 15.0 Å². The minimum absolute atomic E-state index is 0. The molecule has 4 aliphatic rings. The molecule has 8 bridgehead atoms. The normalized spacial score (nSPS) is 15.2. The van der Waals surface area contributed by atoms with Gasteiger partial charge in [0.15, 0.2) is 0 Å². The van der Waals surface area contributed by atoms with Crippen LogP contribution < -0.4 is 20.5 Å². The Morgan fingerprint density at radius 2 is 0.795 bits per heavy atom. The molecule has 0 fully saturated rings. The third-order valence-electron chi connectivity index (χ3n) is 14.6. The topological polar surface area (TPSA) is 103 Å². The zero-order valence-electron chi connectivity index (χ0n) is 46.1. The maximum absolute atomic E-state index is 14.6. The summed E-state index contributed by atoms with van der Waals surface area (Å²) in [4.78, 5) is 33.0. The Morgan fingerprint density at radius 1 is 0.423 bits per heavy atom. The maximum Gasteiger partial charge on any atom is 2.00 e. The van der Waals surface area contributed by atoms with Gasteiger partial charge in [-0.2, -0.15) is 0 Å². The van der Waals surface area contributed by atoms with Crippen LogP contribution in [0.15, 0.2) is 227 Å². The SMILES string of the molecule is CC(C)(C)c1ccc(C2=C3C=CC(=N3)C(=c3ccc(=C([O-])N(Cc4ccccn4)Cc4ccccn4)cc3)C3=NC(=C(c4ccc(C(C)(C)C)cc4)c4ccc([n-]4)C(c4ccc(C(C)(C)C)cc4)=C4C=CC2=N4)C=C3)cc1.[Zn+2]. The molecule has 7 aromatic rings. The number of allylic oxidation sites excluding steroid dienone is 7. The Bertz CT molecular complexity index is 3800. The Kier molecular flexibility index (Phi) is 14.6. The number of nitrogens with zero attached hydrogens (tertiary/aromatic N) is 7. The van der Waals surface area contributed by atoms with Crippen molar-refractivity contribution in [1.82, 2.24) is 19.9 Å². The first kappa shape index (κ1) is 53.3. The van der Waals surface area contributed by atoms with E-state index in [2.05, 4.69) is 194 Å². The molecule has 7 heterocycles. The molecule has 0 unspecified atom stereocenters. The van der Waals surface area contributed by atoms with E-state index in [1.807, 2.05) is 60.7 Å². The zero-order chi connectivity index (χ0) is 53.6. The van der Waals surface area contributed by atoms with E-state index in [1.54, 1.807) is 17.3 Å². The van der Waals surface area contributed by atoms with Gasteiger partial charge in [0.2, 0.25) is 0 Å². The molecule has 9 heteroatoms. The van der Waals surface area contributed by atoms with Crippen molar-refractivity contribution in [1.29, 1.82) is 0 Å². The molecule has 4 aromatic carbocycles. The second-order valence-corrected chi connectivity index (χ2v) is 23.2. The quantitative estimate of drug-likeness (QED) is 0.141. The molecule has 382 valence electrons. The molecular weight excluding hydrogens is 1010 g/mol. The van der Waals surface area contributed by atoms with Gasteiger partial charge in [0.25, 0.3) is 0 Å². The van der Waals surface area contributed by atoms with Gasteiger partial charge in [-0.25, -0.2) is 15.0 Å². The van der Waals surface area contributed by atoms with Crippen LogP contribution in [0.4, 0.5) is 0 Å². The molecule has 4 aliphatic heterocycles. The van der Waals surface area contributed by atoms with E-state index in [4.69, 9.17) is 20.0 Å². The minimum Gasteiger partial charge on any atom is -0.860 e. The smallest absolute Gasteiger partial charge is 0.860 e. The fourth-order valence-electron chi connectivity index (χ4n) is 10.2. The predicted octanol–water partition coefficient (Wildman–Crippen LogP) is 12.3. The summed E-state index contributed by atoms with van der Waals surface area (Å²) in [5, 5.41) is 16.0. The molecule has 0 atom stereocenters. The fourth-order valence-corrected chi connectivity index (χ4v) is 10.2. The van der Waals surface area contributed by atoms with Crippen LogP contribution in [0.2, 0.25) is 0 Å². The molecule has 0 amide bonds. The third-order valence-corrected chi connectivity index (χ3v) is 14.6. The number of benzene rings is 4. The first-order valence-electron chi connectivity index (χ1n) is 26.5. The van der Waals surface area contributed by atoms with Crippen LogP contribution in [0.25, 0.3) is 28.2 Å². The van der Waals surface area contributed by atoms with Gasteiger partial charge in [0, 0.05) is 23.5 Å². The van der Waals surface area contributed by atoms with Gasteiger partial charge in [-0.3, -0.25) is 9.97 Å². The first-order valence-corrected chi connectivity index (χ1v) is 26.5. The standard InChI is InChI=1S/C69H64N7O.Zn/c1-67(2,3)49-26-20-45(21-27-49)63-56-34-32-54(72-56)62(44-16-18-48(19-17-44)66(77)76(42-52-14-10-12-40-70-52)43-53-15-11-13-41-71-53)55-33-35-57(73-55)64(46-22-28-50(29-23-46)68(4,5)6)59-37-39-61(75-59)65(60-38-36-58(63)74-60)47-24-30-51(31-25-47)69(7,8)9;/h10-41H,42-43H2,1-9H3,(H-,72,73,74,75,77);/q-1;+2/p-1. The van der Waals surface area contributed by atoms with Crippen LogP contribution >= 0.6 is 0 Å². The van der Waals surface area contributed by atoms with Crippen LogP contribution in [0.3, 0.4) is 0 Å². The molecule has 8 nitrogen and oxygen atoms in total. The van der Waals surface area contributed by atoms with Crippen molar-refractivity contribution < 1.29 is 24.6 Å². The van der Waals surface area contributed by atoms with Crippen LogP contribution in [0, 0.1) is 0 Å². The van der Waals surface area contributed by atoms with Crippen molar-refractivity contribution in [3.8, 4) is 0 Å². The van der Waals surface area contributed by atoms with Crippen molar-refractivity contribution in [2.24, 2.45) is 15.0 Å². The van der Waals surface area contributed by atoms with Crippen LogP contribution in [0.1, 0.15) is 118 Å². The van der Waals surface area contributed by atoms with Crippen LogP contribution in [-0.2, 0) is 48.8 Å². The number of aliphatic imine (C=N–C) groups is 3. The summed E-state index contributed by atoms with van der Waals surface area (Å²) in [5.41, 5.74) is 18.2. The summed E-state index contributed by atoms with van der Waals surface area (Å²) >= 11 is 0. The number of hydrogen-bond acceptors (Lipinski definition) is 7. The molecule has 0 saturated heterocycles. The Hall–Kier alpha value is -8.13. The Morgan fingerprint density at radius 3 is 1.17 bits per heavy atom. The number of pyridine rings is 2. The van der Waals surface area contributed by atoms with E-state index in [9.17, 15) is 5.11 Å². The van der Waals surface area contributed by atoms with E-state index in [0.717, 1.165) is 101 Å². The minimum atomic E-state index is -0.128. The molecule has 0 N–H and O–H groups in total. The fraction of sp³-hybridized carbons (Fsp3) is 0.203. The summed E-state index contributed by atoms with van der Waals surface area (Å²) in [6.45, 7) is 20.8. The van der Waals surface area contributed by atoms with E-state index in [0.29, 0.717) is 18.3 Å². The molecule has 78 heavy (non-hydrogen) atoms. The molecule has 0 spiro atoms. The summed E-state index contributed by atoms with van der Waals surface area (Å²) in [5.74, 6) is -0.128. The van der Waals surface area contributed by atoms with Gasteiger partial charge >= 0.3 is 19.5 Å². The van der Waals surface area contributed by atoms with Crippen LogP contribution in [0.5, 0.6) is 0 Å². The van der Waals surface area contributed by atoms with Crippen molar-refractivity contribution in [2.75, 3.05) is 0 Å². The second-order valence-electron chi connectivity index (χ2n) is 23.2. The van der Waals surface area contributed by atoms with Crippen LogP contribution in [-0.4, -0.2) is 32.0 Å². The average molecular weight is 1070 g/mol. The molecule has 0 radical (unpaired) electrons. The van der Waals surface area contributed by atoms with Crippen molar-refractivity contribution in [2.45, 2.75) is 91.6 Å². The van der Waals surface area contributed by atoms with E-state index < -0.39 is 0 Å². The van der Waals surface area contributed by atoms with Crippen molar-refractivity contribution in [3.05, 3.63) is 278 Å². The molecular formula is C69H63N7OZn. The monoisotopic (exact) mass is 1070 g/mol. The Labute approximate surface area is 471 Å². The predicted molar refractivity (Wildman–Crippen MR) is 314 cm³/mol. The number of aromatic nitrogens is 3. The number of rotatable bonds is 8. The van der Waals surface area contributed by atoms with Gasteiger partial charge in [-0.15, -0.1) is 11.4 Å². The molecule has 0 saturated carbocycles. The number of fused-ring (bicyclic) bond motifs is 5. The molecule has 11 rings (SSSR count). The largest absolute Gasteiger partial charge is 2.00 e. The third kappa shape index (κ3) is 11.0. The van der Waals surface area contributed by atoms with Crippen molar-refractivity contribution in [3.63, 3.8) is 0 Å². The average Bonchev–Trinajstić information content (AvgIpc) is 4.32. The van der Waals surface area contributed by atoms with Gasteiger partial charge in [-0.05, 0) is 138 Å². The molecule has 0 aliphatic carbocycles. The van der Waals surface area contributed by atoms with E-state index in [1.165, 1.54) is 16.7 Å². The first-order chi connectivity index (χ1) is 36.9. The van der Waals surface area contributed by atoms with Crippen molar-refractivity contribution >= 4 is 45.3 Å². The number of hydrogen-bond donors (Lipinski definition) is 0. The summed E-state index contributed by atoms with van der Waals surface area (Å²) in [6, 6.07) is 50.1. The van der Waals surface area contributed by atoms with Gasteiger partial charge in [0.05, 0.1) is 58.7 Å². The summed E-state index contributed by atoms with van der Waals surface area (Å²) < 4.78 is 0. The summed E-state index contributed by atoms with van der Waals surface area (Å²) in [6.07, 6.45) is 16.1. The van der Waals surface area contributed by atoms with E-state index in [-0.39, 0.29) is 41.6 Å².